The maximum Gasteiger partial charge on any atom is 0.251 e. The van der Waals surface area contributed by atoms with Crippen LogP contribution in [0, 0.1) is 5.92 Å². The normalized spacial score (nSPS) is 14.6. The summed E-state index contributed by atoms with van der Waals surface area (Å²) in [6.45, 7) is 0.437. The number of hydrogen-bond donors (Lipinski definition) is 2. The Hall–Kier alpha value is -2.69. The van der Waals surface area contributed by atoms with Gasteiger partial charge in [0.25, 0.3) is 5.91 Å². The van der Waals surface area contributed by atoms with Crippen LogP contribution >= 0.6 is 0 Å². The summed E-state index contributed by atoms with van der Waals surface area (Å²) in [5.41, 5.74) is 2.25. The van der Waals surface area contributed by atoms with Gasteiger partial charge in [-0.05, 0) is 54.7 Å². The van der Waals surface area contributed by atoms with Gasteiger partial charge in [-0.3, -0.25) is 14.6 Å². The molecule has 0 unspecified atom stereocenters. The first-order valence-electron chi connectivity index (χ1n) is 9.28. The van der Waals surface area contributed by atoms with E-state index in [-0.39, 0.29) is 11.8 Å². The summed E-state index contributed by atoms with van der Waals surface area (Å²) in [6.07, 6.45) is 10.1. The van der Waals surface area contributed by atoms with Crippen molar-refractivity contribution in [3.05, 3.63) is 59.9 Å². The van der Waals surface area contributed by atoms with Crippen LogP contribution in [-0.4, -0.2) is 16.8 Å². The van der Waals surface area contributed by atoms with Crippen molar-refractivity contribution in [2.45, 2.75) is 45.1 Å². The number of anilines is 1. The van der Waals surface area contributed by atoms with Gasteiger partial charge in [0.05, 0.1) is 0 Å². The van der Waals surface area contributed by atoms with Crippen molar-refractivity contribution in [3.8, 4) is 0 Å². The molecule has 0 saturated heterocycles. The molecule has 1 heterocycles. The first-order chi connectivity index (χ1) is 12.7. The molecule has 5 heteroatoms. The average molecular weight is 351 g/mol. The Morgan fingerprint density at radius 3 is 2.50 bits per heavy atom. The summed E-state index contributed by atoms with van der Waals surface area (Å²) >= 11 is 0. The SMILES string of the molecule is O=C(CC1CCCCC1)Nc1ccc(C(=O)NCc2cccnc2)cc1. The lowest BCUT2D eigenvalue weighted by Crippen LogP contribution is -2.23. The zero-order chi connectivity index (χ0) is 18.2. The maximum atomic E-state index is 12.2. The molecule has 1 aliphatic rings. The lowest BCUT2D eigenvalue weighted by atomic mass is 9.87. The van der Waals surface area contributed by atoms with Crippen LogP contribution in [0.4, 0.5) is 5.69 Å². The Labute approximate surface area is 154 Å². The standard InChI is InChI=1S/C21H25N3O2/c25-20(13-16-5-2-1-3-6-16)24-19-10-8-18(9-11-19)21(26)23-15-17-7-4-12-22-14-17/h4,7-12,14,16H,1-3,5-6,13,15H2,(H,23,26)(H,24,25). The summed E-state index contributed by atoms with van der Waals surface area (Å²) in [5.74, 6) is 0.431. The van der Waals surface area contributed by atoms with Crippen LogP contribution in [0.1, 0.15) is 54.4 Å². The van der Waals surface area contributed by atoms with Gasteiger partial charge in [0, 0.05) is 36.6 Å². The highest BCUT2D eigenvalue weighted by Crippen LogP contribution is 2.26. The molecule has 1 saturated carbocycles. The van der Waals surface area contributed by atoms with Gasteiger partial charge >= 0.3 is 0 Å². The molecule has 0 bridgehead atoms. The topological polar surface area (TPSA) is 71.1 Å². The summed E-state index contributed by atoms with van der Waals surface area (Å²) in [5, 5.41) is 5.80. The fourth-order valence-electron chi connectivity index (χ4n) is 3.36. The molecule has 1 aliphatic carbocycles. The molecule has 3 rings (SSSR count). The monoisotopic (exact) mass is 351 g/mol. The van der Waals surface area contributed by atoms with E-state index < -0.39 is 0 Å². The van der Waals surface area contributed by atoms with Gasteiger partial charge in [-0.15, -0.1) is 0 Å². The smallest absolute Gasteiger partial charge is 0.251 e. The van der Waals surface area contributed by atoms with Crippen molar-refractivity contribution in [3.63, 3.8) is 0 Å². The predicted octanol–water partition coefficient (Wildman–Crippen LogP) is 3.92. The van der Waals surface area contributed by atoms with Gasteiger partial charge in [0.1, 0.15) is 0 Å². The number of amides is 2. The molecule has 0 spiro atoms. The number of pyridine rings is 1. The number of carbonyl (C=O) groups excluding carboxylic acids is 2. The van der Waals surface area contributed by atoms with Crippen molar-refractivity contribution < 1.29 is 9.59 Å². The molecule has 1 aromatic carbocycles. The number of rotatable bonds is 6. The van der Waals surface area contributed by atoms with Crippen LogP contribution in [0.2, 0.25) is 0 Å². The van der Waals surface area contributed by atoms with E-state index in [9.17, 15) is 9.59 Å². The van der Waals surface area contributed by atoms with Gasteiger partial charge in [0.15, 0.2) is 0 Å². The van der Waals surface area contributed by atoms with E-state index in [1.165, 1.54) is 19.3 Å². The fraction of sp³-hybridized carbons (Fsp3) is 0.381. The summed E-state index contributed by atoms with van der Waals surface area (Å²) in [7, 11) is 0. The quantitative estimate of drug-likeness (QED) is 0.828. The molecular formula is C21H25N3O2. The van der Waals surface area contributed by atoms with Gasteiger partial charge in [-0.2, -0.15) is 0 Å². The molecule has 26 heavy (non-hydrogen) atoms. The highest BCUT2D eigenvalue weighted by Gasteiger charge is 2.17. The van der Waals surface area contributed by atoms with E-state index in [4.69, 9.17) is 0 Å². The number of hydrogen-bond acceptors (Lipinski definition) is 3. The van der Waals surface area contributed by atoms with Crippen LogP contribution in [0.3, 0.4) is 0 Å². The molecular weight excluding hydrogens is 326 g/mol. The van der Waals surface area contributed by atoms with E-state index in [1.54, 1.807) is 36.7 Å². The molecule has 136 valence electrons. The lowest BCUT2D eigenvalue weighted by Gasteiger charge is -2.20. The third-order valence-electron chi connectivity index (χ3n) is 4.81. The summed E-state index contributed by atoms with van der Waals surface area (Å²) in [6, 6.07) is 10.8. The predicted molar refractivity (Wildman–Crippen MR) is 102 cm³/mol. The molecule has 2 amide bonds. The Kier molecular flexibility index (Phi) is 6.36. The number of nitrogens with zero attached hydrogens (tertiary/aromatic N) is 1. The third kappa shape index (κ3) is 5.41. The fourth-order valence-corrected chi connectivity index (χ4v) is 3.36. The summed E-state index contributed by atoms with van der Waals surface area (Å²) < 4.78 is 0. The molecule has 1 fully saturated rings. The van der Waals surface area contributed by atoms with Gasteiger partial charge in [-0.1, -0.05) is 25.3 Å². The second-order valence-electron chi connectivity index (χ2n) is 6.88. The average Bonchev–Trinajstić information content (AvgIpc) is 2.68. The molecule has 0 radical (unpaired) electrons. The van der Waals surface area contributed by atoms with Crippen molar-refractivity contribution in [2.24, 2.45) is 5.92 Å². The Morgan fingerprint density at radius 2 is 1.81 bits per heavy atom. The minimum atomic E-state index is -0.145. The zero-order valence-electron chi connectivity index (χ0n) is 14.9. The maximum absolute atomic E-state index is 12.2. The van der Waals surface area contributed by atoms with E-state index in [0.29, 0.717) is 24.4 Å². The third-order valence-corrected chi connectivity index (χ3v) is 4.81. The van der Waals surface area contributed by atoms with E-state index in [2.05, 4.69) is 15.6 Å². The van der Waals surface area contributed by atoms with Crippen LogP contribution in [-0.2, 0) is 11.3 Å². The van der Waals surface area contributed by atoms with Crippen molar-refractivity contribution >= 4 is 17.5 Å². The highest BCUT2D eigenvalue weighted by molar-refractivity contribution is 5.95. The second-order valence-corrected chi connectivity index (χ2v) is 6.88. The minimum absolute atomic E-state index is 0.0608. The van der Waals surface area contributed by atoms with E-state index in [1.807, 2.05) is 12.1 Å². The first kappa shape index (κ1) is 18.1. The molecule has 2 N–H and O–H groups in total. The number of nitrogens with one attached hydrogen (secondary N) is 2. The van der Waals surface area contributed by atoms with Crippen molar-refractivity contribution in [1.29, 1.82) is 0 Å². The molecule has 2 aromatic rings. The Bertz CT molecular complexity index is 723. The van der Waals surface area contributed by atoms with E-state index >= 15 is 0 Å². The van der Waals surface area contributed by atoms with Crippen LogP contribution in [0.25, 0.3) is 0 Å². The Balaban J connectivity index is 1.47. The van der Waals surface area contributed by atoms with Gasteiger partial charge < -0.3 is 10.6 Å². The molecule has 5 nitrogen and oxygen atoms in total. The van der Waals surface area contributed by atoms with Crippen LogP contribution < -0.4 is 10.6 Å². The van der Waals surface area contributed by atoms with Crippen molar-refractivity contribution in [2.75, 3.05) is 5.32 Å². The van der Waals surface area contributed by atoms with Crippen LogP contribution in [0.15, 0.2) is 48.8 Å². The minimum Gasteiger partial charge on any atom is -0.348 e. The molecule has 1 aromatic heterocycles. The first-order valence-corrected chi connectivity index (χ1v) is 9.28. The summed E-state index contributed by atoms with van der Waals surface area (Å²) in [4.78, 5) is 28.4. The van der Waals surface area contributed by atoms with Crippen LogP contribution in [0.5, 0.6) is 0 Å². The second kappa shape index (κ2) is 9.13. The number of benzene rings is 1. The number of aromatic nitrogens is 1. The molecule has 0 aliphatic heterocycles. The lowest BCUT2D eigenvalue weighted by molar-refractivity contribution is -0.117. The van der Waals surface area contributed by atoms with E-state index in [0.717, 1.165) is 24.1 Å². The largest absolute Gasteiger partial charge is 0.348 e. The van der Waals surface area contributed by atoms with Crippen molar-refractivity contribution in [1.82, 2.24) is 10.3 Å². The van der Waals surface area contributed by atoms with Gasteiger partial charge in [0.2, 0.25) is 5.91 Å². The zero-order valence-corrected chi connectivity index (χ0v) is 14.9. The Morgan fingerprint density at radius 1 is 1.04 bits per heavy atom. The molecule has 0 atom stereocenters. The number of carbonyl (C=O) groups is 2. The van der Waals surface area contributed by atoms with Gasteiger partial charge in [-0.25, -0.2) is 0 Å². The highest BCUT2D eigenvalue weighted by atomic mass is 16.2.